The maximum absolute atomic E-state index is 13.6. The van der Waals surface area contributed by atoms with Crippen molar-refractivity contribution in [2.24, 2.45) is 5.73 Å². The third-order valence-electron chi connectivity index (χ3n) is 6.23. The van der Waals surface area contributed by atoms with E-state index in [0.717, 1.165) is 16.7 Å². The Morgan fingerprint density at radius 3 is 2.47 bits per heavy atom. The minimum Gasteiger partial charge on any atom is -0.366 e. The minimum atomic E-state index is -0.870. The van der Waals surface area contributed by atoms with Crippen molar-refractivity contribution in [1.82, 2.24) is 26.0 Å². The first-order valence-electron chi connectivity index (χ1n) is 12.0. The molecule has 2 aromatic rings. The Morgan fingerprint density at radius 2 is 1.78 bits per heavy atom. The topological polar surface area (TPSA) is 120 Å². The van der Waals surface area contributed by atoms with Gasteiger partial charge in [0.2, 0.25) is 11.8 Å². The molecule has 0 aliphatic carbocycles. The van der Waals surface area contributed by atoms with Gasteiger partial charge in [0.15, 0.2) is 0 Å². The number of hydrazine groups is 1. The van der Waals surface area contributed by atoms with Crippen LogP contribution in [0.25, 0.3) is 0 Å². The van der Waals surface area contributed by atoms with E-state index in [4.69, 9.17) is 5.73 Å². The summed E-state index contributed by atoms with van der Waals surface area (Å²) in [6, 6.07) is 8.95. The maximum atomic E-state index is 13.6. The van der Waals surface area contributed by atoms with Crippen LogP contribution in [0.4, 0.5) is 4.39 Å². The van der Waals surface area contributed by atoms with Crippen molar-refractivity contribution in [1.29, 1.82) is 0 Å². The van der Waals surface area contributed by atoms with E-state index in [2.05, 4.69) is 16.0 Å². The molecule has 0 saturated carbocycles. The highest BCUT2D eigenvalue weighted by molar-refractivity contribution is 5.94. The number of rotatable bonds is 11. The fraction of sp³-hybridized carbons (Fsp3) is 0.423. The molecule has 1 heterocycles. The third-order valence-corrected chi connectivity index (χ3v) is 6.23. The van der Waals surface area contributed by atoms with Gasteiger partial charge in [0.1, 0.15) is 11.9 Å². The fourth-order valence-electron chi connectivity index (χ4n) is 4.12. The van der Waals surface area contributed by atoms with E-state index >= 15 is 0 Å². The summed E-state index contributed by atoms with van der Waals surface area (Å²) in [6.07, 6.45) is 0. The number of nitrogens with two attached hydrogens (primary N) is 1. The molecule has 1 unspecified atom stereocenters. The Bertz CT molecular complexity index is 1120. The summed E-state index contributed by atoms with van der Waals surface area (Å²) in [6.45, 7) is 7.64. The van der Waals surface area contributed by atoms with Crippen LogP contribution in [0.2, 0.25) is 0 Å². The van der Waals surface area contributed by atoms with E-state index in [1.807, 2.05) is 25.8 Å². The first-order chi connectivity index (χ1) is 17.1. The molecule has 9 nitrogen and oxygen atoms in total. The number of hydrogen-bond acceptors (Lipinski definition) is 6. The molecule has 0 saturated heterocycles. The number of fused-ring (bicyclic) bond motifs is 1. The number of amides is 3. The van der Waals surface area contributed by atoms with Gasteiger partial charge in [0.25, 0.3) is 5.91 Å². The molecule has 10 heteroatoms. The number of primary amides is 1. The molecule has 5 N–H and O–H groups in total. The van der Waals surface area contributed by atoms with Gasteiger partial charge in [-0.15, -0.1) is 0 Å². The van der Waals surface area contributed by atoms with Crippen LogP contribution in [0, 0.1) is 12.7 Å². The summed E-state index contributed by atoms with van der Waals surface area (Å²) in [4.78, 5) is 37.9. The van der Waals surface area contributed by atoms with Crippen LogP contribution in [-0.2, 0) is 22.7 Å². The lowest BCUT2D eigenvalue weighted by atomic mass is 9.97. The first-order valence-corrected chi connectivity index (χ1v) is 12.0. The Kier molecular flexibility index (Phi) is 9.14. The van der Waals surface area contributed by atoms with E-state index in [-0.39, 0.29) is 35.8 Å². The number of nitrogens with zero attached hydrogens (tertiary/aromatic N) is 2. The molecule has 1 atom stereocenters. The average molecular weight is 499 g/mol. The van der Waals surface area contributed by atoms with E-state index < -0.39 is 11.9 Å². The lowest BCUT2D eigenvalue weighted by molar-refractivity contribution is -0.145. The summed E-state index contributed by atoms with van der Waals surface area (Å²) in [5.74, 6) is -1.48. The van der Waals surface area contributed by atoms with Crippen molar-refractivity contribution in [3.05, 3.63) is 70.0 Å². The summed E-state index contributed by atoms with van der Waals surface area (Å²) < 4.78 is 13.6. The average Bonchev–Trinajstić information content (AvgIpc) is 3.25. The van der Waals surface area contributed by atoms with Gasteiger partial charge in [0, 0.05) is 44.8 Å². The molecular formula is C26H35FN6O3. The van der Waals surface area contributed by atoms with Gasteiger partial charge in [-0.1, -0.05) is 26.0 Å². The number of nitrogens with one attached hydrogen (secondary N) is 3. The van der Waals surface area contributed by atoms with Gasteiger partial charge < -0.3 is 16.4 Å². The Labute approximate surface area is 211 Å². The Balaban J connectivity index is 1.71. The van der Waals surface area contributed by atoms with Crippen LogP contribution < -0.4 is 21.7 Å². The Morgan fingerprint density at radius 1 is 1.06 bits per heavy atom. The molecule has 3 rings (SSSR count). The lowest BCUT2D eigenvalue weighted by Crippen LogP contribution is -2.47. The van der Waals surface area contributed by atoms with Crippen molar-refractivity contribution >= 4 is 17.7 Å². The van der Waals surface area contributed by atoms with E-state index in [1.54, 1.807) is 31.3 Å². The fourth-order valence-corrected chi connectivity index (χ4v) is 4.12. The van der Waals surface area contributed by atoms with E-state index in [0.29, 0.717) is 31.7 Å². The molecule has 36 heavy (non-hydrogen) atoms. The molecule has 0 fully saturated rings. The second kappa shape index (κ2) is 12.1. The molecule has 0 spiro atoms. The van der Waals surface area contributed by atoms with E-state index in [1.165, 1.54) is 17.1 Å². The SMILES string of the molecule is Cc1ccc(C(N)=O)cc1C(NCC(=O)N(C)N1Cc2ccc(F)cc2C1)C(=O)NCCNC(C)C. The van der Waals surface area contributed by atoms with E-state index in [9.17, 15) is 18.8 Å². The molecule has 0 bridgehead atoms. The molecule has 0 radical (unpaired) electrons. The van der Waals surface area contributed by atoms with Crippen molar-refractivity contribution < 1.29 is 18.8 Å². The highest BCUT2D eigenvalue weighted by atomic mass is 19.1. The zero-order chi connectivity index (χ0) is 26.4. The molecule has 0 aromatic heterocycles. The molecule has 194 valence electrons. The number of hydrogen-bond donors (Lipinski definition) is 4. The maximum Gasteiger partial charge on any atom is 0.250 e. The second-order valence-electron chi connectivity index (χ2n) is 9.30. The van der Waals surface area contributed by atoms with Gasteiger partial charge in [-0.3, -0.25) is 24.7 Å². The number of carbonyl (C=O) groups is 3. The number of likely N-dealkylation sites (N-methyl/N-ethyl adjacent to an activating group) is 1. The van der Waals surface area contributed by atoms with Crippen molar-refractivity contribution in [2.45, 2.75) is 45.9 Å². The van der Waals surface area contributed by atoms with Gasteiger partial charge in [0.05, 0.1) is 6.54 Å². The van der Waals surface area contributed by atoms with Crippen LogP contribution in [0.3, 0.4) is 0 Å². The van der Waals surface area contributed by atoms with Crippen molar-refractivity contribution in [2.75, 3.05) is 26.7 Å². The van der Waals surface area contributed by atoms with Gasteiger partial charge in [-0.2, -0.15) is 0 Å². The van der Waals surface area contributed by atoms with Crippen LogP contribution in [-0.4, -0.2) is 60.5 Å². The number of aryl methyl sites for hydroxylation is 1. The number of halogens is 1. The van der Waals surface area contributed by atoms with Gasteiger partial charge >= 0.3 is 0 Å². The van der Waals surface area contributed by atoms with Crippen LogP contribution in [0.5, 0.6) is 0 Å². The zero-order valence-electron chi connectivity index (χ0n) is 21.2. The monoisotopic (exact) mass is 498 g/mol. The lowest BCUT2D eigenvalue weighted by Gasteiger charge is -2.29. The quantitative estimate of drug-likeness (QED) is 0.348. The predicted molar refractivity (Wildman–Crippen MR) is 135 cm³/mol. The van der Waals surface area contributed by atoms with Crippen LogP contribution in [0.15, 0.2) is 36.4 Å². The van der Waals surface area contributed by atoms with Crippen molar-refractivity contribution in [3.8, 4) is 0 Å². The molecule has 2 aromatic carbocycles. The molecule has 1 aliphatic heterocycles. The number of carbonyl (C=O) groups excluding carboxylic acids is 3. The Hall–Kier alpha value is -3.34. The van der Waals surface area contributed by atoms with Crippen LogP contribution >= 0.6 is 0 Å². The predicted octanol–water partition coefficient (Wildman–Crippen LogP) is 1.37. The van der Waals surface area contributed by atoms with Gasteiger partial charge in [-0.25, -0.2) is 9.40 Å². The summed E-state index contributed by atoms with van der Waals surface area (Å²) in [5.41, 5.74) is 8.90. The van der Waals surface area contributed by atoms with Crippen LogP contribution in [0.1, 0.15) is 52.5 Å². The largest absolute Gasteiger partial charge is 0.366 e. The number of benzene rings is 2. The second-order valence-corrected chi connectivity index (χ2v) is 9.30. The highest BCUT2D eigenvalue weighted by Crippen LogP contribution is 2.25. The minimum absolute atomic E-state index is 0.125. The highest BCUT2D eigenvalue weighted by Gasteiger charge is 2.28. The van der Waals surface area contributed by atoms with Crippen molar-refractivity contribution in [3.63, 3.8) is 0 Å². The summed E-state index contributed by atoms with van der Waals surface area (Å²) >= 11 is 0. The zero-order valence-corrected chi connectivity index (χ0v) is 21.2. The molecule has 1 aliphatic rings. The molecular weight excluding hydrogens is 463 g/mol. The smallest absolute Gasteiger partial charge is 0.250 e. The first kappa shape index (κ1) is 27.3. The third kappa shape index (κ3) is 6.87. The standard InChI is InChI=1S/C26H35FN6O3/c1-16(2)29-9-10-30-26(36)24(22-12-18(25(28)35)6-5-17(22)3)31-13-23(34)32(4)33-14-19-7-8-21(27)11-20(19)15-33/h5-8,11-12,16,24,29,31H,9-10,13-15H2,1-4H3,(H2,28,35)(H,30,36). The molecule has 3 amide bonds. The normalized spacial score (nSPS) is 13.9. The summed E-state index contributed by atoms with van der Waals surface area (Å²) in [7, 11) is 1.65. The van der Waals surface area contributed by atoms with Gasteiger partial charge in [-0.05, 0) is 53.4 Å². The summed E-state index contributed by atoms with van der Waals surface area (Å²) in [5, 5.41) is 12.5.